The molecule has 0 bridgehead atoms. The molecular formula is C24H26N2O. The Labute approximate surface area is 161 Å². The third-order valence-electron chi connectivity index (χ3n) is 4.58. The van der Waals surface area contributed by atoms with Crippen molar-refractivity contribution in [2.24, 2.45) is 0 Å². The zero-order chi connectivity index (χ0) is 19.1. The van der Waals surface area contributed by atoms with Gasteiger partial charge in [0.15, 0.2) is 0 Å². The third kappa shape index (κ3) is 5.20. The van der Waals surface area contributed by atoms with Gasteiger partial charge >= 0.3 is 0 Å². The molecule has 27 heavy (non-hydrogen) atoms. The number of carbonyl (C=O) groups is 1. The van der Waals surface area contributed by atoms with Crippen LogP contribution in [0.3, 0.4) is 0 Å². The first-order valence-electron chi connectivity index (χ1n) is 9.35. The summed E-state index contributed by atoms with van der Waals surface area (Å²) in [7, 11) is 0. The fraction of sp³-hybridized carbons (Fsp3) is 0.208. The smallest absolute Gasteiger partial charge is 0.247 e. The van der Waals surface area contributed by atoms with E-state index >= 15 is 0 Å². The fourth-order valence-electron chi connectivity index (χ4n) is 3.04. The standard InChI is InChI=1S/C24H26N2O/c1-20(2)26(24(27)16-15-21-10-5-3-6-11-21)19-23-14-9-17-25(23)18-22-12-7-4-8-13-22/h3-17,20H,18-19H2,1-2H3/b16-15+. The van der Waals surface area contributed by atoms with Gasteiger partial charge in [-0.1, -0.05) is 60.7 Å². The summed E-state index contributed by atoms with van der Waals surface area (Å²) < 4.78 is 2.21. The summed E-state index contributed by atoms with van der Waals surface area (Å²) in [6, 6.07) is 24.5. The maximum atomic E-state index is 12.8. The Balaban J connectivity index is 1.72. The maximum Gasteiger partial charge on any atom is 0.247 e. The molecule has 3 rings (SSSR count). The van der Waals surface area contributed by atoms with Crippen LogP contribution in [0.2, 0.25) is 0 Å². The molecule has 0 saturated heterocycles. The summed E-state index contributed by atoms with van der Waals surface area (Å²) in [5.41, 5.74) is 3.41. The Bertz CT molecular complexity index is 879. The zero-order valence-electron chi connectivity index (χ0n) is 16.0. The van der Waals surface area contributed by atoms with Crippen LogP contribution in [0, 0.1) is 0 Å². The minimum Gasteiger partial charge on any atom is -0.345 e. The highest BCUT2D eigenvalue weighted by Crippen LogP contribution is 2.13. The lowest BCUT2D eigenvalue weighted by Crippen LogP contribution is -2.35. The predicted octanol–water partition coefficient (Wildman–Crippen LogP) is 4.99. The van der Waals surface area contributed by atoms with Crippen LogP contribution in [0.4, 0.5) is 0 Å². The average Bonchev–Trinajstić information content (AvgIpc) is 3.12. The van der Waals surface area contributed by atoms with Crippen molar-refractivity contribution in [3.8, 4) is 0 Å². The maximum absolute atomic E-state index is 12.8. The van der Waals surface area contributed by atoms with E-state index in [1.807, 2.05) is 53.4 Å². The first kappa shape index (κ1) is 18.7. The molecule has 3 nitrogen and oxygen atoms in total. The summed E-state index contributed by atoms with van der Waals surface area (Å²) in [5.74, 6) is 0.0290. The van der Waals surface area contributed by atoms with Crippen LogP contribution in [0.1, 0.15) is 30.7 Å². The molecule has 1 aromatic heterocycles. The largest absolute Gasteiger partial charge is 0.345 e. The van der Waals surface area contributed by atoms with Gasteiger partial charge in [0.25, 0.3) is 0 Å². The molecule has 138 valence electrons. The van der Waals surface area contributed by atoms with E-state index in [4.69, 9.17) is 0 Å². The Morgan fingerprint density at radius 2 is 1.63 bits per heavy atom. The Kier molecular flexibility index (Phi) is 6.26. The molecule has 3 aromatic rings. The molecule has 0 radical (unpaired) electrons. The Morgan fingerprint density at radius 1 is 0.963 bits per heavy atom. The number of hydrogen-bond acceptors (Lipinski definition) is 1. The van der Waals surface area contributed by atoms with Crippen molar-refractivity contribution in [1.82, 2.24) is 9.47 Å². The lowest BCUT2D eigenvalue weighted by molar-refractivity contribution is -0.128. The number of benzene rings is 2. The summed E-state index contributed by atoms with van der Waals surface area (Å²) in [5, 5.41) is 0. The summed E-state index contributed by atoms with van der Waals surface area (Å²) in [6.07, 6.45) is 5.62. The second-order valence-corrected chi connectivity index (χ2v) is 6.92. The van der Waals surface area contributed by atoms with Crippen molar-refractivity contribution in [3.05, 3.63) is 102 Å². The van der Waals surface area contributed by atoms with E-state index in [-0.39, 0.29) is 11.9 Å². The van der Waals surface area contributed by atoms with Crippen LogP contribution in [0.5, 0.6) is 0 Å². The van der Waals surface area contributed by atoms with Crippen molar-refractivity contribution in [2.75, 3.05) is 0 Å². The van der Waals surface area contributed by atoms with Gasteiger partial charge in [0.1, 0.15) is 0 Å². The van der Waals surface area contributed by atoms with E-state index < -0.39 is 0 Å². The highest BCUT2D eigenvalue weighted by Gasteiger charge is 2.16. The van der Waals surface area contributed by atoms with Gasteiger partial charge in [-0.3, -0.25) is 4.79 Å². The van der Waals surface area contributed by atoms with E-state index in [1.54, 1.807) is 6.08 Å². The minimum atomic E-state index is 0.0290. The van der Waals surface area contributed by atoms with E-state index in [0.717, 1.165) is 17.8 Å². The predicted molar refractivity (Wildman–Crippen MR) is 111 cm³/mol. The highest BCUT2D eigenvalue weighted by atomic mass is 16.2. The highest BCUT2D eigenvalue weighted by molar-refractivity contribution is 5.91. The quantitative estimate of drug-likeness (QED) is 0.546. The second kappa shape index (κ2) is 9.04. The van der Waals surface area contributed by atoms with Crippen molar-refractivity contribution < 1.29 is 4.79 Å². The zero-order valence-corrected chi connectivity index (χ0v) is 16.0. The Morgan fingerprint density at radius 3 is 2.30 bits per heavy atom. The van der Waals surface area contributed by atoms with Gasteiger partial charge in [0, 0.05) is 30.6 Å². The monoisotopic (exact) mass is 358 g/mol. The SMILES string of the molecule is CC(C)N(Cc1cccn1Cc1ccccc1)C(=O)/C=C/c1ccccc1. The summed E-state index contributed by atoms with van der Waals surface area (Å²) >= 11 is 0. The first-order valence-corrected chi connectivity index (χ1v) is 9.35. The normalized spacial score (nSPS) is 11.2. The number of rotatable bonds is 7. The van der Waals surface area contributed by atoms with Crippen LogP contribution >= 0.6 is 0 Å². The number of aromatic nitrogens is 1. The minimum absolute atomic E-state index is 0.0290. The molecule has 1 amide bonds. The van der Waals surface area contributed by atoms with Crippen LogP contribution in [-0.2, 0) is 17.9 Å². The van der Waals surface area contributed by atoms with Gasteiger partial charge < -0.3 is 9.47 Å². The summed E-state index contributed by atoms with van der Waals surface area (Å²) in [4.78, 5) is 14.7. The molecule has 0 aliphatic carbocycles. The summed E-state index contributed by atoms with van der Waals surface area (Å²) in [6.45, 7) is 5.51. The van der Waals surface area contributed by atoms with Gasteiger partial charge in [-0.2, -0.15) is 0 Å². The number of nitrogens with zero attached hydrogens (tertiary/aromatic N) is 2. The molecule has 0 aliphatic heterocycles. The lowest BCUT2D eigenvalue weighted by atomic mass is 10.2. The van der Waals surface area contributed by atoms with Crippen molar-refractivity contribution >= 4 is 12.0 Å². The number of carbonyl (C=O) groups excluding carboxylic acids is 1. The number of amides is 1. The molecule has 0 N–H and O–H groups in total. The van der Waals surface area contributed by atoms with Crippen molar-refractivity contribution in [3.63, 3.8) is 0 Å². The third-order valence-corrected chi connectivity index (χ3v) is 4.58. The fourth-order valence-corrected chi connectivity index (χ4v) is 3.04. The molecule has 0 spiro atoms. The van der Waals surface area contributed by atoms with Crippen LogP contribution in [0.15, 0.2) is 85.1 Å². The first-order chi connectivity index (χ1) is 13.1. The molecular weight excluding hydrogens is 332 g/mol. The Hall–Kier alpha value is -3.07. The molecule has 1 heterocycles. The topological polar surface area (TPSA) is 25.2 Å². The van der Waals surface area contributed by atoms with E-state index in [1.165, 1.54) is 5.56 Å². The van der Waals surface area contributed by atoms with Gasteiger partial charge in [-0.15, -0.1) is 0 Å². The molecule has 0 unspecified atom stereocenters. The molecule has 2 aromatic carbocycles. The van der Waals surface area contributed by atoms with Gasteiger partial charge in [-0.25, -0.2) is 0 Å². The second-order valence-electron chi connectivity index (χ2n) is 6.92. The van der Waals surface area contributed by atoms with Crippen LogP contribution in [0.25, 0.3) is 6.08 Å². The van der Waals surface area contributed by atoms with Gasteiger partial charge in [0.05, 0.1) is 6.54 Å². The molecule has 0 fully saturated rings. The van der Waals surface area contributed by atoms with Crippen molar-refractivity contribution in [2.45, 2.75) is 33.0 Å². The van der Waals surface area contributed by atoms with Gasteiger partial charge in [-0.05, 0) is 43.2 Å². The van der Waals surface area contributed by atoms with Crippen molar-refractivity contribution in [1.29, 1.82) is 0 Å². The van der Waals surface area contributed by atoms with E-state index in [2.05, 4.69) is 54.9 Å². The number of hydrogen-bond donors (Lipinski definition) is 0. The van der Waals surface area contributed by atoms with E-state index in [0.29, 0.717) is 6.54 Å². The van der Waals surface area contributed by atoms with Crippen LogP contribution < -0.4 is 0 Å². The molecule has 3 heteroatoms. The average molecular weight is 358 g/mol. The molecule has 0 aliphatic rings. The molecule has 0 atom stereocenters. The molecule has 0 saturated carbocycles. The van der Waals surface area contributed by atoms with E-state index in [9.17, 15) is 4.79 Å². The lowest BCUT2D eigenvalue weighted by Gasteiger charge is -2.26. The van der Waals surface area contributed by atoms with Crippen LogP contribution in [-0.4, -0.2) is 21.4 Å². The van der Waals surface area contributed by atoms with Gasteiger partial charge in [0.2, 0.25) is 5.91 Å².